The number of rotatable bonds is 2. The maximum absolute atomic E-state index is 11.5. The molecule has 1 atom stereocenters. The van der Waals surface area contributed by atoms with Gasteiger partial charge in [-0.25, -0.2) is 9.59 Å². The van der Waals surface area contributed by atoms with E-state index in [-0.39, 0.29) is 11.1 Å². The van der Waals surface area contributed by atoms with Crippen LogP contribution in [0.3, 0.4) is 0 Å². The Kier molecular flexibility index (Phi) is 3.53. The number of hydrogen-bond donors (Lipinski definition) is 3. The largest absolute Gasteiger partial charge is 0.477 e. The lowest BCUT2D eigenvalue weighted by molar-refractivity contribution is -0.133. The van der Waals surface area contributed by atoms with Gasteiger partial charge in [-0.15, -0.1) is 0 Å². The van der Waals surface area contributed by atoms with Crippen LogP contribution in [0.1, 0.15) is 37.9 Å². The first-order valence-electron chi connectivity index (χ1n) is 6.40. The Morgan fingerprint density at radius 3 is 2.30 bits per heavy atom. The molecule has 5 heteroatoms. The summed E-state index contributed by atoms with van der Waals surface area (Å²) in [6.45, 7) is 6.37. The topological polar surface area (TPSA) is 78.4 Å². The van der Waals surface area contributed by atoms with Crippen LogP contribution in [0, 0.1) is 0 Å². The molecule has 0 aromatic heterocycles. The molecule has 2 amide bonds. The Bertz CT molecular complexity index is 568. The predicted octanol–water partition coefficient (Wildman–Crippen LogP) is 2.31. The van der Waals surface area contributed by atoms with Crippen LogP contribution in [0.25, 0.3) is 0 Å². The van der Waals surface area contributed by atoms with Crippen molar-refractivity contribution in [1.29, 1.82) is 0 Å². The minimum atomic E-state index is -1.14. The van der Waals surface area contributed by atoms with Crippen LogP contribution in [-0.4, -0.2) is 17.1 Å². The Hall–Kier alpha value is -2.30. The number of carbonyl (C=O) groups is 2. The zero-order valence-corrected chi connectivity index (χ0v) is 11.7. The number of benzene rings is 1. The summed E-state index contributed by atoms with van der Waals surface area (Å²) in [5.41, 5.74) is 1.99. The van der Waals surface area contributed by atoms with Gasteiger partial charge in [0, 0.05) is 0 Å². The van der Waals surface area contributed by atoms with Crippen LogP contribution in [-0.2, 0) is 10.2 Å². The van der Waals surface area contributed by atoms with Crippen LogP contribution in [0.2, 0.25) is 0 Å². The highest BCUT2D eigenvalue weighted by Gasteiger charge is 2.23. The number of carboxylic acids is 1. The lowest BCUT2D eigenvalue weighted by Crippen LogP contribution is -2.43. The van der Waals surface area contributed by atoms with Gasteiger partial charge >= 0.3 is 12.0 Å². The molecule has 1 unspecified atom stereocenters. The number of carboxylic acid groups (broad SMARTS) is 1. The van der Waals surface area contributed by atoms with Gasteiger partial charge < -0.3 is 15.7 Å². The number of carbonyl (C=O) groups excluding carboxylic acids is 1. The highest BCUT2D eigenvalue weighted by molar-refractivity contribution is 5.93. The van der Waals surface area contributed by atoms with Crippen molar-refractivity contribution in [1.82, 2.24) is 10.6 Å². The Morgan fingerprint density at radius 2 is 1.80 bits per heavy atom. The fraction of sp³-hybridized carbons (Fsp3) is 0.333. The van der Waals surface area contributed by atoms with Gasteiger partial charge in [-0.3, -0.25) is 0 Å². The average Bonchev–Trinajstić information content (AvgIpc) is 2.37. The molecule has 1 heterocycles. The number of hydrogen-bond acceptors (Lipinski definition) is 2. The van der Waals surface area contributed by atoms with E-state index in [0.717, 1.165) is 5.56 Å². The monoisotopic (exact) mass is 274 g/mol. The average molecular weight is 274 g/mol. The molecule has 0 aliphatic carbocycles. The lowest BCUT2D eigenvalue weighted by Gasteiger charge is -2.24. The van der Waals surface area contributed by atoms with Crippen LogP contribution in [0.4, 0.5) is 4.79 Å². The number of aliphatic carboxylic acids is 1. The zero-order chi connectivity index (χ0) is 14.9. The quantitative estimate of drug-likeness (QED) is 0.774. The van der Waals surface area contributed by atoms with Crippen molar-refractivity contribution in [3.63, 3.8) is 0 Å². The molecule has 0 saturated carbocycles. The summed E-state index contributed by atoms with van der Waals surface area (Å²) < 4.78 is 0. The number of amides is 2. The summed E-state index contributed by atoms with van der Waals surface area (Å²) >= 11 is 0. The normalized spacial score (nSPS) is 18.9. The van der Waals surface area contributed by atoms with Crippen molar-refractivity contribution in [3.8, 4) is 0 Å². The summed E-state index contributed by atoms with van der Waals surface area (Å²) in [6, 6.07) is 6.88. The van der Waals surface area contributed by atoms with Crippen molar-refractivity contribution in [2.24, 2.45) is 0 Å². The molecule has 5 nitrogen and oxygen atoms in total. The molecule has 0 saturated heterocycles. The molecule has 1 aliphatic rings. The first-order valence-corrected chi connectivity index (χ1v) is 6.40. The van der Waals surface area contributed by atoms with E-state index in [9.17, 15) is 9.59 Å². The van der Waals surface area contributed by atoms with E-state index in [1.165, 1.54) is 11.6 Å². The van der Waals surface area contributed by atoms with E-state index in [0.29, 0.717) is 0 Å². The first-order chi connectivity index (χ1) is 9.27. The van der Waals surface area contributed by atoms with Crippen LogP contribution < -0.4 is 10.6 Å². The molecule has 0 radical (unpaired) electrons. The summed E-state index contributed by atoms with van der Waals surface area (Å²) in [5, 5.41) is 13.9. The minimum Gasteiger partial charge on any atom is -0.477 e. The van der Waals surface area contributed by atoms with E-state index in [2.05, 4.69) is 31.4 Å². The first kappa shape index (κ1) is 14.1. The van der Waals surface area contributed by atoms with E-state index in [1.54, 1.807) is 0 Å². The molecule has 2 rings (SSSR count). The van der Waals surface area contributed by atoms with Gasteiger partial charge in [-0.2, -0.15) is 0 Å². The lowest BCUT2D eigenvalue weighted by atomic mass is 9.86. The van der Waals surface area contributed by atoms with Gasteiger partial charge in [0.05, 0.1) is 6.04 Å². The maximum atomic E-state index is 11.5. The smallest absolute Gasteiger partial charge is 0.352 e. The SMILES string of the molecule is CC(C)(C)c1ccc(C2C=C(C(=O)O)NC(=O)N2)cc1. The molecular formula is C15H18N2O3. The molecule has 1 aromatic carbocycles. The van der Waals surface area contributed by atoms with E-state index in [4.69, 9.17) is 5.11 Å². The Labute approximate surface area is 117 Å². The summed E-state index contributed by atoms with van der Waals surface area (Å²) in [6.07, 6.45) is 1.50. The highest BCUT2D eigenvalue weighted by atomic mass is 16.4. The van der Waals surface area contributed by atoms with E-state index >= 15 is 0 Å². The summed E-state index contributed by atoms with van der Waals surface area (Å²) in [5.74, 6) is -1.14. The molecule has 1 aliphatic heterocycles. The second-order valence-electron chi connectivity index (χ2n) is 5.83. The van der Waals surface area contributed by atoms with E-state index in [1.807, 2.05) is 24.3 Å². The molecule has 106 valence electrons. The Balaban J connectivity index is 2.29. The third-order valence-electron chi connectivity index (χ3n) is 3.23. The Morgan fingerprint density at radius 1 is 1.20 bits per heavy atom. The summed E-state index contributed by atoms with van der Waals surface area (Å²) in [4.78, 5) is 22.4. The van der Waals surface area contributed by atoms with Crippen molar-refractivity contribution >= 4 is 12.0 Å². The fourth-order valence-corrected chi connectivity index (χ4v) is 2.04. The van der Waals surface area contributed by atoms with Gasteiger partial charge in [0.15, 0.2) is 0 Å². The molecule has 20 heavy (non-hydrogen) atoms. The second-order valence-corrected chi connectivity index (χ2v) is 5.83. The van der Waals surface area contributed by atoms with Crippen LogP contribution >= 0.6 is 0 Å². The summed E-state index contributed by atoms with van der Waals surface area (Å²) in [7, 11) is 0. The van der Waals surface area contributed by atoms with Gasteiger partial charge in [0.2, 0.25) is 0 Å². The minimum absolute atomic E-state index is 0.0535. The predicted molar refractivity (Wildman–Crippen MR) is 75.3 cm³/mol. The van der Waals surface area contributed by atoms with Gasteiger partial charge in [0.1, 0.15) is 5.70 Å². The molecule has 0 spiro atoms. The van der Waals surface area contributed by atoms with Crippen LogP contribution in [0.5, 0.6) is 0 Å². The molecule has 3 N–H and O–H groups in total. The fourth-order valence-electron chi connectivity index (χ4n) is 2.04. The van der Waals surface area contributed by atoms with Crippen molar-refractivity contribution in [2.45, 2.75) is 32.2 Å². The third kappa shape index (κ3) is 2.99. The maximum Gasteiger partial charge on any atom is 0.352 e. The standard InChI is InChI=1S/C15H18N2O3/c1-15(2,3)10-6-4-9(5-7-10)11-8-12(13(18)19)17-14(20)16-11/h4-8,11H,1-3H3,(H,18,19)(H2,16,17,20). The van der Waals surface area contributed by atoms with Crippen molar-refractivity contribution < 1.29 is 14.7 Å². The van der Waals surface area contributed by atoms with Crippen LogP contribution in [0.15, 0.2) is 36.0 Å². The number of urea groups is 1. The third-order valence-corrected chi connectivity index (χ3v) is 3.23. The second kappa shape index (κ2) is 5.00. The van der Waals surface area contributed by atoms with Crippen molar-refractivity contribution in [2.75, 3.05) is 0 Å². The highest BCUT2D eigenvalue weighted by Crippen LogP contribution is 2.25. The van der Waals surface area contributed by atoms with E-state index < -0.39 is 18.0 Å². The van der Waals surface area contributed by atoms with Gasteiger partial charge in [-0.1, -0.05) is 45.0 Å². The molecular weight excluding hydrogens is 256 g/mol. The van der Waals surface area contributed by atoms with Gasteiger partial charge in [-0.05, 0) is 22.6 Å². The molecule has 0 bridgehead atoms. The number of nitrogens with one attached hydrogen (secondary N) is 2. The molecule has 1 aromatic rings. The van der Waals surface area contributed by atoms with Gasteiger partial charge in [0.25, 0.3) is 0 Å². The zero-order valence-electron chi connectivity index (χ0n) is 11.7. The van der Waals surface area contributed by atoms with Crippen molar-refractivity contribution in [3.05, 3.63) is 47.2 Å². The molecule has 0 fully saturated rings.